The molecule has 2 aromatic rings. The molecule has 0 atom stereocenters. The van der Waals surface area contributed by atoms with Gasteiger partial charge in [0.05, 0.1) is 5.01 Å². The molecule has 0 amide bonds. The highest BCUT2D eigenvalue weighted by molar-refractivity contribution is 7.89. The Morgan fingerprint density at radius 3 is 2.80 bits per heavy atom. The lowest BCUT2D eigenvalue weighted by Gasteiger charge is -2.02. The van der Waals surface area contributed by atoms with Gasteiger partial charge in [0, 0.05) is 24.0 Å². The average Bonchev–Trinajstić information content (AvgIpc) is 2.98. The summed E-state index contributed by atoms with van der Waals surface area (Å²) in [6.07, 6.45) is 0.463. The monoisotopic (exact) mass is 316 g/mol. The van der Waals surface area contributed by atoms with Crippen LogP contribution in [0.1, 0.15) is 21.3 Å². The molecule has 0 saturated carbocycles. The summed E-state index contributed by atoms with van der Waals surface area (Å²) in [4.78, 5) is 14.8. The van der Waals surface area contributed by atoms with Crippen molar-refractivity contribution < 1.29 is 22.7 Å². The van der Waals surface area contributed by atoms with E-state index in [0.29, 0.717) is 6.42 Å². The molecule has 0 saturated heterocycles. The minimum atomic E-state index is -3.84. The zero-order chi connectivity index (χ0) is 14.8. The van der Waals surface area contributed by atoms with Gasteiger partial charge in [-0.15, -0.1) is 11.3 Å². The van der Waals surface area contributed by atoms with Crippen molar-refractivity contribution in [3.8, 4) is 0 Å². The van der Waals surface area contributed by atoms with E-state index in [-0.39, 0.29) is 6.54 Å². The van der Waals surface area contributed by atoms with Crippen molar-refractivity contribution in [1.82, 2.24) is 9.71 Å². The largest absolute Gasteiger partial charge is 0.475 e. The van der Waals surface area contributed by atoms with E-state index in [0.717, 1.165) is 22.8 Å². The van der Waals surface area contributed by atoms with Crippen molar-refractivity contribution in [3.05, 3.63) is 34.0 Å². The molecule has 0 aromatic carbocycles. The number of sulfonamides is 1. The second-order valence-electron chi connectivity index (χ2n) is 3.95. The molecule has 0 aliphatic heterocycles. The maximum atomic E-state index is 11.8. The van der Waals surface area contributed by atoms with Gasteiger partial charge in [0.15, 0.2) is 0 Å². The van der Waals surface area contributed by atoms with Gasteiger partial charge >= 0.3 is 5.97 Å². The lowest BCUT2D eigenvalue weighted by Crippen LogP contribution is -2.25. The van der Waals surface area contributed by atoms with E-state index in [1.54, 1.807) is 0 Å². The Morgan fingerprint density at radius 2 is 2.25 bits per heavy atom. The first-order chi connectivity index (χ1) is 9.38. The maximum Gasteiger partial charge on any atom is 0.371 e. The topological polar surface area (TPSA) is 110 Å². The molecule has 0 aliphatic rings. The van der Waals surface area contributed by atoms with Gasteiger partial charge in [-0.3, -0.25) is 0 Å². The number of rotatable bonds is 6. The van der Waals surface area contributed by atoms with Crippen molar-refractivity contribution in [2.45, 2.75) is 18.4 Å². The molecule has 2 heterocycles. The van der Waals surface area contributed by atoms with Crippen LogP contribution in [0.3, 0.4) is 0 Å². The first kappa shape index (κ1) is 14.7. The van der Waals surface area contributed by atoms with Gasteiger partial charge in [0.1, 0.15) is 0 Å². The number of nitrogens with zero attached hydrogens (tertiary/aromatic N) is 1. The number of carboxylic acid groups (broad SMARTS) is 1. The average molecular weight is 316 g/mol. The second-order valence-corrected chi connectivity index (χ2v) is 6.59. The number of carboxylic acids is 1. The molecule has 0 bridgehead atoms. The van der Waals surface area contributed by atoms with Crippen LogP contribution in [0.2, 0.25) is 0 Å². The summed E-state index contributed by atoms with van der Waals surface area (Å²) in [5, 5.41) is 11.0. The third kappa shape index (κ3) is 3.44. The first-order valence-electron chi connectivity index (χ1n) is 5.62. The van der Waals surface area contributed by atoms with Crippen LogP contribution in [-0.2, 0) is 16.4 Å². The molecule has 0 radical (unpaired) electrons. The fraction of sp³-hybridized carbons (Fsp3) is 0.273. The third-order valence-corrected chi connectivity index (χ3v) is 4.71. The Bertz CT molecular complexity index is 717. The molecule has 0 unspecified atom stereocenters. The summed E-state index contributed by atoms with van der Waals surface area (Å²) in [6.45, 7) is 2.03. The summed E-state index contributed by atoms with van der Waals surface area (Å²) < 4.78 is 30.8. The van der Waals surface area contributed by atoms with E-state index in [9.17, 15) is 13.2 Å². The molecule has 2 rings (SSSR count). The standard InChI is InChI=1S/C11H12N2O5S2/c1-7-6-19-9(13-7)4-5-12-20(16,17)10-3-2-8(18-10)11(14)15/h2-3,6,12H,4-5H2,1H3,(H,14,15). The third-order valence-electron chi connectivity index (χ3n) is 2.35. The Kier molecular flexibility index (Phi) is 4.21. The van der Waals surface area contributed by atoms with E-state index in [2.05, 4.69) is 9.71 Å². The van der Waals surface area contributed by atoms with E-state index in [1.807, 2.05) is 12.3 Å². The van der Waals surface area contributed by atoms with Crippen LogP contribution >= 0.6 is 11.3 Å². The van der Waals surface area contributed by atoms with Gasteiger partial charge in [0.25, 0.3) is 10.0 Å². The summed E-state index contributed by atoms with van der Waals surface area (Å²) in [5.41, 5.74) is 0.894. The molecule has 7 nitrogen and oxygen atoms in total. The van der Waals surface area contributed by atoms with Gasteiger partial charge in [-0.05, 0) is 19.1 Å². The van der Waals surface area contributed by atoms with Crippen LogP contribution in [0.5, 0.6) is 0 Å². The highest BCUT2D eigenvalue weighted by Crippen LogP contribution is 2.14. The Morgan fingerprint density at radius 1 is 1.50 bits per heavy atom. The van der Waals surface area contributed by atoms with Crippen molar-refractivity contribution >= 4 is 27.3 Å². The molecule has 0 spiro atoms. The van der Waals surface area contributed by atoms with Gasteiger partial charge in [0.2, 0.25) is 10.9 Å². The van der Waals surface area contributed by atoms with Crippen LogP contribution in [0.15, 0.2) is 27.0 Å². The summed E-state index contributed by atoms with van der Waals surface area (Å²) >= 11 is 1.46. The minimum Gasteiger partial charge on any atom is -0.475 e. The SMILES string of the molecule is Cc1csc(CCNS(=O)(=O)c2ccc(C(=O)O)o2)n1. The number of aromatic nitrogens is 1. The summed E-state index contributed by atoms with van der Waals surface area (Å²) in [7, 11) is -3.84. The number of furan rings is 1. The summed E-state index contributed by atoms with van der Waals surface area (Å²) in [6, 6.07) is 2.21. The number of aryl methyl sites for hydroxylation is 1. The lowest BCUT2D eigenvalue weighted by atomic mass is 10.4. The van der Waals surface area contributed by atoms with Crippen molar-refractivity contribution in [1.29, 1.82) is 0 Å². The fourth-order valence-electron chi connectivity index (χ4n) is 1.46. The fourth-order valence-corrected chi connectivity index (χ4v) is 3.20. The van der Waals surface area contributed by atoms with Gasteiger partial charge in [-0.1, -0.05) is 0 Å². The highest BCUT2D eigenvalue weighted by Gasteiger charge is 2.20. The molecule has 108 valence electrons. The molecular weight excluding hydrogens is 304 g/mol. The molecule has 2 N–H and O–H groups in total. The van der Waals surface area contributed by atoms with Crippen LogP contribution in [0.25, 0.3) is 0 Å². The van der Waals surface area contributed by atoms with E-state index in [4.69, 9.17) is 9.52 Å². The number of carbonyl (C=O) groups is 1. The normalized spacial score (nSPS) is 11.7. The predicted octanol–water partition coefficient (Wildman–Crippen LogP) is 1.26. The summed E-state index contributed by atoms with van der Waals surface area (Å²) in [5.74, 6) is -1.73. The first-order valence-corrected chi connectivity index (χ1v) is 7.98. The van der Waals surface area contributed by atoms with Crippen LogP contribution < -0.4 is 4.72 Å². The van der Waals surface area contributed by atoms with Gasteiger partial charge in [-0.25, -0.2) is 22.9 Å². The zero-order valence-electron chi connectivity index (χ0n) is 10.5. The number of aromatic carboxylic acids is 1. The lowest BCUT2D eigenvalue weighted by molar-refractivity contribution is 0.0656. The maximum absolute atomic E-state index is 11.8. The molecular formula is C11H12N2O5S2. The quantitative estimate of drug-likeness (QED) is 0.830. The molecule has 0 fully saturated rings. The Hall–Kier alpha value is -1.71. The smallest absolute Gasteiger partial charge is 0.371 e. The van der Waals surface area contributed by atoms with Crippen LogP contribution in [0, 0.1) is 6.92 Å². The van der Waals surface area contributed by atoms with Crippen molar-refractivity contribution in [2.24, 2.45) is 0 Å². The zero-order valence-corrected chi connectivity index (χ0v) is 12.1. The molecule has 9 heteroatoms. The van der Waals surface area contributed by atoms with E-state index in [1.165, 1.54) is 11.3 Å². The molecule has 20 heavy (non-hydrogen) atoms. The van der Waals surface area contributed by atoms with Crippen LogP contribution in [0.4, 0.5) is 0 Å². The van der Waals surface area contributed by atoms with Crippen molar-refractivity contribution in [3.63, 3.8) is 0 Å². The Balaban J connectivity index is 1.98. The van der Waals surface area contributed by atoms with E-state index < -0.39 is 26.8 Å². The highest BCUT2D eigenvalue weighted by atomic mass is 32.2. The van der Waals surface area contributed by atoms with E-state index >= 15 is 0 Å². The Labute approximate surface area is 119 Å². The number of nitrogens with one attached hydrogen (secondary N) is 1. The number of hydrogen-bond acceptors (Lipinski definition) is 6. The van der Waals surface area contributed by atoms with Gasteiger partial charge < -0.3 is 9.52 Å². The van der Waals surface area contributed by atoms with Crippen molar-refractivity contribution in [2.75, 3.05) is 6.54 Å². The minimum absolute atomic E-state index is 0.165. The molecule has 2 aromatic heterocycles. The van der Waals surface area contributed by atoms with Crippen LogP contribution in [-0.4, -0.2) is 31.0 Å². The molecule has 0 aliphatic carbocycles. The second kappa shape index (κ2) is 5.73. The van der Waals surface area contributed by atoms with Gasteiger partial charge in [-0.2, -0.15) is 0 Å². The predicted molar refractivity (Wildman–Crippen MR) is 71.4 cm³/mol. The number of hydrogen-bond donors (Lipinski definition) is 2. The number of thiazole rings is 1.